The van der Waals surface area contributed by atoms with Crippen LogP contribution in [-0.4, -0.2) is 38.0 Å². The Morgan fingerprint density at radius 2 is 1.11 bits per heavy atom. The molecule has 4 heteroatoms. The highest BCUT2D eigenvalue weighted by molar-refractivity contribution is 5.12. The van der Waals surface area contributed by atoms with E-state index in [4.69, 9.17) is 18.9 Å². The van der Waals surface area contributed by atoms with Gasteiger partial charge in [-0.05, 0) is 50.4 Å². The smallest absolute Gasteiger partial charge is 0.233 e. The summed E-state index contributed by atoms with van der Waals surface area (Å²) in [6.07, 6.45) is 6.64. The first kappa shape index (κ1) is 21.7. The second-order valence-corrected chi connectivity index (χ2v) is 9.01. The van der Waals surface area contributed by atoms with Gasteiger partial charge in [-0.25, -0.2) is 0 Å². The van der Waals surface area contributed by atoms with Crippen LogP contribution in [0.1, 0.15) is 66.2 Å². The lowest BCUT2D eigenvalue weighted by Gasteiger charge is -2.42. The molecule has 1 aliphatic carbocycles. The minimum atomic E-state index is -0.825. The van der Waals surface area contributed by atoms with Gasteiger partial charge in [-0.15, -0.1) is 11.8 Å². The molecule has 3 aliphatic rings. The number of ether oxygens (including phenoxy) is 4. The Labute approximate surface area is 171 Å². The molecule has 2 aliphatic heterocycles. The molecule has 0 atom stereocenters. The van der Waals surface area contributed by atoms with Crippen LogP contribution in [0.3, 0.4) is 0 Å². The van der Waals surface area contributed by atoms with Gasteiger partial charge in [-0.1, -0.05) is 26.7 Å². The van der Waals surface area contributed by atoms with Gasteiger partial charge in [0.05, 0.1) is 26.4 Å². The lowest BCUT2D eigenvalue weighted by Crippen LogP contribution is -2.49. The third kappa shape index (κ3) is 5.52. The molecule has 4 nitrogen and oxygen atoms in total. The van der Waals surface area contributed by atoms with E-state index in [1.165, 1.54) is 25.7 Å². The third-order valence-electron chi connectivity index (χ3n) is 6.19. The van der Waals surface area contributed by atoms with E-state index in [0.29, 0.717) is 44.7 Å². The first-order valence-electron chi connectivity index (χ1n) is 10.9. The van der Waals surface area contributed by atoms with E-state index >= 15 is 0 Å². The van der Waals surface area contributed by atoms with E-state index in [-0.39, 0.29) is 5.92 Å². The van der Waals surface area contributed by atoms with Crippen molar-refractivity contribution in [3.05, 3.63) is 0 Å². The maximum atomic E-state index is 6.28. The van der Waals surface area contributed by atoms with Crippen LogP contribution in [-0.2, 0) is 18.9 Å². The first-order valence-corrected chi connectivity index (χ1v) is 10.9. The Bertz CT molecular complexity index is 610. The predicted molar refractivity (Wildman–Crippen MR) is 109 cm³/mol. The highest BCUT2D eigenvalue weighted by Gasteiger charge is 2.43. The Kier molecular flexibility index (Phi) is 7.46. The topological polar surface area (TPSA) is 36.9 Å². The first-order chi connectivity index (χ1) is 13.5. The quantitative estimate of drug-likeness (QED) is 0.670. The molecular weight excluding hydrogens is 352 g/mol. The van der Waals surface area contributed by atoms with Gasteiger partial charge in [0.1, 0.15) is 0 Å². The molecule has 28 heavy (non-hydrogen) atoms. The summed E-state index contributed by atoms with van der Waals surface area (Å²) in [5.41, 5.74) is 0. The van der Waals surface area contributed by atoms with Crippen molar-refractivity contribution >= 4 is 0 Å². The van der Waals surface area contributed by atoms with Gasteiger partial charge in [-0.3, -0.25) is 0 Å². The fraction of sp³-hybridized carbons (Fsp3) is 0.833. The Balaban J connectivity index is 1.58. The van der Waals surface area contributed by atoms with Crippen molar-refractivity contribution in [3.8, 4) is 23.7 Å². The van der Waals surface area contributed by atoms with E-state index in [0.717, 1.165) is 12.3 Å². The number of rotatable bonds is 4. The van der Waals surface area contributed by atoms with Crippen molar-refractivity contribution in [3.63, 3.8) is 0 Å². The lowest BCUT2D eigenvalue weighted by atomic mass is 9.79. The zero-order valence-electron chi connectivity index (χ0n) is 18.0. The lowest BCUT2D eigenvalue weighted by molar-refractivity contribution is -0.287. The molecule has 0 radical (unpaired) electrons. The van der Waals surface area contributed by atoms with Gasteiger partial charge >= 0.3 is 0 Å². The van der Waals surface area contributed by atoms with Crippen molar-refractivity contribution in [1.29, 1.82) is 0 Å². The molecule has 0 aromatic carbocycles. The molecule has 156 valence electrons. The molecule has 0 unspecified atom stereocenters. The molecule has 1 saturated carbocycles. The summed E-state index contributed by atoms with van der Waals surface area (Å²) in [4.78, 5) is 0. The molecule has 0 spiro atoms. The maximum Gasteiger partial charge on any atom is 0.233 e. The molecule has 3 rings (SSSR count). The highest BCUT2D eigenvalue weighted by Crippen LogP contribution is 2.38. The Morgan fingerprint density at radius 3 is 1.61 bits per heavy atom. The second kappa shape index (κ2) is 9.64. The normalized spacial score (nSPS) is 41.3. The largest absolute Gasteiger partial charge is 0.339 e. The summed E-state index contributed by atoms with van der Waals surface area (Å²) in [6, 6.07) is 0. The molecule has 0 N–H and O–H groups in total. The maximum absolute atomic E-state index is 6.28. The van der Waals surface area contributed by atoms with Crippen LogP contribution in [0, 0.1) is 47.4 Å². The van der Waals surface area contributed by atoms with Crippen LogP contribution in [0.5, 0.6) is 0 Å². The monoisotopic (exact) mass is 388 g/mol. The number of hydrogen-bond donors (Lipinski definition) is 0. The van der Waals surface area contributed by atoms with Crippen LogP contribution in [0.4, 0.5) is 0 Å². The molecule has 2 saturated heterocycles. The van der Waals surface area contributed by atoms with Crippen LogP contribution in [0.25, 0.3) is 0 Å². The third-order valence-corrected chi connectivity index (χ3v) is 6.19. The van der Waals surface area contributed by atoms with E-state index < -0.39 is 11.6 Å². The summed E-state index contributed by atoms with van der Waals surface area (Å²) in [6.45, 7) is 10.7. The standard InChI is InChI=1S/C24H36O4/c1-5-11-23(13-21-9-7-19(3)8-10-21)27-17-22(18-28-23)14-24(12-6-2)25-15-20(4)16-26-24/h19-22H,7-10,13-18H2,1-4H3. The fourth-order valence-corrected chi connectivity index (χ4v) is 4.51. The molecule has 2 heterocycles. The van der Waals surface area contributed by atoms with E-state index in [1.807, 2.05) is 13.8 Å². The van der Waals surface area contributed by atoms with Gasteiger partial charge in [0.15, 0.2) is 0 Å². The average Bonchev–Trinajstić information content (AvgIpc) is 2.69. The fourth-order valence-electron chi connectivity index (χ4n) is 4.51. The van der Waals surface area contributed by atoms with Crippen molar-refractivity contribution in [2.24, 2.45) is 23.7 Å². The summed E-state index contributed by atoms with van der Waals surface area (Å²) in [5, 5.41) is 0. The molecule has 3 fully saturated rings. The SMILES string of the molecule is CC#CC1(CC2CCC(C)CC2)OCC(CC2(C#CC)OCC(C)CO2)CO1. The minimum absolute atomic E-state index is 0.187. The number of hydrogen-bond acceptors (Lipinski definition) is 4. The highest BCUT2D eigenvalue weighted by atomic mass is 16.7. The minimum Gasteiger partial charge on any atom is -0.339 e. The average molecular weight is 389 g/mol. The molecule has 0 bridgehead atoms. The van der Waals surface area contributed by atoms with E-state index in [2.05, 4.69) is 37.5 Å². The predicted octanol–water partition coefficient (Wildman–Crippen LogP) is 4.38. The van der Waals surface area contributed by atoms with Crippen molar-refractivity contribution in [2.45, 2.75) is 77.8 Å². The van der Waals surface area contributed by atoms with Gasteiger partial charge in [0.25, 0.3) is 0 Å². The van der Waals surface area contributed by atoms with Crippen molar-refractivity contribution in [1.82, 2.24) is 0 Å². The van der Waals surface area contributed by atoms with E-state index in [9.17, 15) is 0 Å². The Hall–Kier alpha value is -1.04. The van der Waals surface area contributed by atoms with Gasteiger partial charge in [-0.2, -0.15) is 0 Å². The molecule has 0 aromatic rings. The zero-order chi connectivity index (χ0) is 20.0. The van der Waals surface area contributed by atoms with Gasteiger partial charge in [0, 0.05) is 24.7 Å². The van der Waals surface area contributed by atoms with Crippen LogP contribution < -0.4 is 0 Å². The van der Waals surface area contributed by atoms with Crippen LogP contribution >= 0.6 is 0 Å². The Morgan fingerprint density at radius 1 is 0.643 bits per heavy atom. The van der Waals surface area contributed by atoms with E-state index in [1.54, 1.807) is 0 Å². The summed E-state index contributed by atoms with van der Waals surface area (Å²) in [5.74, 6) is 12.9. The summed E-state index contributed by atoms with van der Waals surface area (Å²) in [7, 11) is 0. The van der Waals surface area contributed by atoms with Crippen molar-refractivity contribution < 1.29 is 18.9 Å². The van der Waals surface area contributed by atoms with Crippen LogP contribution in [0.15, 0.2) is 0 Å². The van der Waals surface area contributed by atoms with Gasteiger partial charge < -0.3 is 18.9 Å². The second-order valence-electron chi connectivity index (χ2n) is 9.01. The summed E-state index contributed by atoms with van der Waals surface area (Å²) >= 11 is 0. The van der Waals surface area contributed by atoms with Gasteiger partial charge in [0.2, 0.25) is 11.6 Å². The molecule has 0 aromatic heterocycles. The molecule has 0 amide bonds. The van der Waals surface area contributed by atoms with Crippen LogP contribution in [0.2, 0.25) is 0 Å². The van der Waals surface area contributed by atoms with Crippen molar-refractivity contribution in [2.75, 3.05) is 26.4 Å². The zero-order valence-corrected chi connectivity index (χ0v) is 18.0. The summed E-state index contributed by atoms with van der Waals surface area (Å²) < 4.78 is 24.6. The molecular formula is C24H36O4.